The highest BCUT2D eigenvalue weighted by Crippen LogP contribution is 2.32. The number of rotatable bonds is 0. The molecule has 0 unspecified atom stereocenters. The quantitative estimate of drug-likeness (QED) is 0.737. The Morgan fingerprint density at radius 1 is 1.29 bits per heavy atom. The number of allylic oxidation sites excluding steroid dienone is 2. The first-order valence-electron chi connectivity index (χ1n) is 5.76. The zero-order valence-electron chi connectivity index (χ0n) is 9.73. The SMILES string of the molecule is CN1CC2=C(C=CCC2=O)Nc2ccccc21. The predicted octanol–water partition coefficient (Wildman–Crippen LogP) is 2.33. The van der Waals surface area contributed by atoms with Gasteiger partial charge in [0.1, 0.15) is 0 Å². The van der Waals surface area contributed by atoms with E-state index in [4.69, 9.17) is 0 Å². The lowest BCUT2D eigenvalue weighted by Crippen LogP contribution is -2.24. The van der Waals surface area contributed by atoms with Crippen LogP contribution in [0.2, 0.25) is 0 Å². The van der Waals surface area contributed by atoms with Gasteiger partial charge in [-0.2, -0.15) is 0 Å². The number of Topliss-reactive ketones (excluding diaryl/α,β-unsaturated/α-hetero) is 1. The first kappa shape index (κ1) is 10.1. The molecule has 0 bridgehead atoms. The molecule has 1 N–H and O–H groups in total. The predicted molar refractivity (Wildman–Crippen MR) is 69.1 cm³/mol. The molecule has 2 aliphatic rings. The average Bonchev–Trinajstić information content (AvgIpc) is 2.47. The highest BCUT2D eigenvalue weighted by Gasteiger charge is 2.23. The van der Waals surface area contributed by atoms with Crippen LogP contribution in [0.15, 0.2) is 47.7 Å². The Kier molecular flexibility index (Phi) is 2.25. The highest BCUT2D eigenvalue weighted by atomic mass is 16.1. The average molecular weight is 226 g/mol. The lowest BCUT2D eigenvalue weighted by atomic mass is 10.0. The molecule has 3 nitrogen and oxygen atoms in total. The van der Waals surface area contributed by atoms with Crippen LogP contribution in [0.25, 0.3) is 0 Å². The van der Waals surface area contributed by atoms with Gasteiger partial charge < -0.3 is 10.2 Å². The first-order valence-corrected chi connectivity index (χ1v) is 5.76. The third kappa shape index (κ3) is 1.64. The number of fused-ring (bicyclic) bond motifs is 1. The summed E-state index contributed by atoms with van der Waals surface area (Å²) >= 11 is 0. The van der Waals surface area contributed by atoms with Crippen LogP contribution in [0, 0.1) is 0 Å². The van der Waals surface area contributed by atoms with E-state index in [9.17, 15) is 4.79 Å². The molecular weight excluding hydrogens is 212 g/mol. The molecule has 1 aliphatic carbocycles. The second-order valence-corrected chi connectivity index (χ2v) is 4.42. The van der Waals surface area contributed by atoms with E-state index >= 15 is 0 Å². The Balaban J connectivity index is 2.10. The van der Waals surface area contributed by atoms with E-state index in [1.807, 2.05) is 37.4 Å². The van der Waals surface area contributed by atoms with Gasteiger partial charge in [0.2, 0.25) is 0 Å². The summed E-state index contributed by atoms with van der Waals surface area (Å²) in [6.45, 7) is 0.669. The number of ketones is 1. The Morgan fingerprint density at radius 2 is 2.12 bits per heavy atom. The minimum atomic E-state index is 0.217. The lowest BCUT2D eigenvalue weighted by Gasteiger charge is -2.19. The van der Waals surface area contributed by atoms with Gasteiger partial charge in [0.15, 0.2) is 5.78 Å². The summed E-state index contributed by atoms with van der Waals surface area (Å²) in [5, 5.41) is 3.35. The summed E-state index contributed by atoms with van der Waals surface area (Å²) < 4.78 is 0. The molecule has 0 spiro atoms. The van der Waals surface area contributed by atoms with Crippen molar-refractivity contribution in [3.05, 3.63) is 47.7 Å². The van der Waals surface area contributed by atoms with Gasteiger partial charge in [-0.1, -0.05) is 18.2 Å². The summed E-state index contributed by atoms with van der Waals surface area (Å²) in [6, 6.07) is 8.11. The fraction of sp³-hybridized carbons (Fsp3) is 0.214. The smallest absolute Gasteiger partial charge is 0.166 e. The van der Waals surface area contributed by atoms with Crippen LogP contribution in [0.5, 0.6) is 0 Å². The van der Waals surface area contributed by atoms with Crippen LogP contribution < -0.4 is 10.2 Å². The van der Waals surface area contributed by atoms with Crippen molar-refractivity contribution < 1.29 is 4.79 Å². The number of hydrogen-bond acceptors (Lipinski definition) is 3. The number of hydrogen-bond donors (Lipinski definition) is 1. The number of carbonyl (C=O) groups excluding carboxylic acids is 1. The van der Waals surface area contributed by atoms with Crippen LogP contribution in [-0.4, -0.2) is 19.4 Å². The van der Waals surface area contributed by atoms with Crippen LogP contribution in [0.4, 0.5) is 11.4 Å². The molecule has 3 rings (SSSR count). The van der Waals surface area contributed by atoms with Gasteiger partial charge in [-0.05, 0) is 18.2 Å². The second kappa shape index (κ2) is 3.77. The third-order valence-corrected chi connectivity index (χ3v) is 3.23. The molecular formula is C14H14N2O. The van der Waals surface area contributed by atoms with Crippen molar-refractivity contribution in [2.24, 2.45) is 0 Å². The fourth-order valence-corrected chi connectivity index (χ4v) is 2.33. The van der Waals surface area contributed by atoms with Crippen LogP contribution in [0.3, 0.4) is 0 Å². The molecule has 1 heterocycles. The first-order chi connectivity index (χ1) is 8.25. The van der Waals surface area contributed by atoms with E-state index in [2.05, 4.69) is 16.3 Å². The molecule has 1 aromatic carbocycles. The number of nitrogens with one attached hydrogen (secondary N) is 1. The van der Waals surface area contributed by atoms with Crippen molar-refractivity contribution in [2.45, 2.75) is 6.42 Å². The largest absolute Gasteiger partial charge is 0.368 e. The van der Waals surface area contributed by atoms with Crippen molar-refractivity contribution in [3.63, 3.8) is 0 Å². The van der Waals surface area contributed by atoms with Crippen molar-refractivity contribution in [1.82, 2.24) is 0 Å². The third-order valence-electron chi connectivity index (χ3n) is 3.23. The standard InChI is InChI=1S/C14H14N2O/c1-16-9-10-11(6-4-8-14(10)17)15-12-5-2-3-7-13(12)16/h2-7,15H,8-9H2,1H3. The Labute approximate surface area is 100 Å². The van der Waals surface area contributed by atoms with Gasteiger partial charge in [-0.25, -0.2) is 0 Å². The van der Waals surface area contributed by atoms with E-state index in [1.165, 1.54) is 0 Å². The molecule has 0 saturated carbocycles. The molecule has 0 radical (unpaired) electrons. The summed E-state index contributed by atoms with van der Waals surface area (Å²) in [7, 11) is 2.02. The van der Waals surface area contributed by atoms with E-state index in [0.717, 1.165) is 22.6 Å². The molecule has 1 aromatic rings. The van der Waals surface area contributed by atoms with Crippen molar-refractivity contribution >= 4 is 17.2 Å². The molecule has 0 saturated heterocycles. The van der Waals surface area contributed by atoms with E-state index in [0.29, 0.717) is 13.0 Å². The molecule has 0 atom stereocenters. The van der Waals surface area contributed by atoms with Gasteiger partial charge in [0, 0.05) is 31.3 Å². The summed E-state index contributed by atoms with van der Waals surface area (Å²) in [5.74, 6) is 0.217. The summed E-state index contributed by atoms with van der Waals surface area (Å²) in [6.07, 6.45) is 4.44. The number of para-hydroxylation sites is 2. The maximum absolute atomic E-state index is 11.9. The molecule has 0 amide bonds. The van der Waals surface area contributed by atoms with E-state index in [1.54, 1.807) is 0 Å². The van der Waals surface area contributed by atoms with Crippen molar-refractivity contribution in [2.75, 3.05) is 23.8 Å². The van der Waals surface area contributed by atoms with Crippen molar-refractivity contribution in [3.8, 4) is 0 Å². The Hall–Kier alpha value is -2.03. The second-order valence-electron chi connectivity index (χ2n) is 4.42. The normalized spacial score (nSPS) is 18.4. The number of anilines is 2. The van der Waals surface area contributed by atoms with Gasteiger partial charge >= 0.3 is 0 Å². The van der Waals surface area contributed by atoms with E-state index < -0.39 is 0 Å². The van der Waals surface area contributed by atoms with Gasteiger partial charge in [0.25, 0.3) is 0 Å². The molecule has 17 heavy (non-hydrogen) atoms. The molecule has 0 aromatic heterocycles. The topological polar surface area (TPSA) is 32.3 Å². The summed E-state index contributed by atoms with van der Waals surface area (Å²) in [4.78, 5) is 14.0. The van der Waals surface area contributed by atoms with Crippen LogP contribution >= 0.6 is 0 Å². The van der Waals surface area contributed by atoms with E-state index in [-0.39, 0.29) is 5.78 Å². The fourth-order valence-electron chi connectivity index (χ4n) is 2.33. The molecule has 86 valence electrons. The summed E-state index contributed by atoms with van der Waals surface area (Å²) in [5.41, 5.74) is 4.01. The Bertz CT molecular complexity index is 543. The minimum absolute atomic E-state index is 0.217. The van der Waals surface area contributed by atoms with Crippen molar-refractivity contribution in [1.29, 1.82) is 0 Å². The number of carbonyl (C=O) groups is 1. The molecule has 3 heteroatoms. The molecule has 1 aliphatic heterocycles. The van der Waals surface area contributed by atoms with Crippen LogP contribution in [0.1, 0.15) is 6.42 Å². The van der Waals surface area contributed by atoms with Gasteiger partial charge in [-0.3, -0.25) is 4.79 Å². The van der Waals surface area contributed by atoms with Gasteiger partial charge in [0.05, 0.1) is 11.4 Å². The molecule has 0 fully saturated rings. The maximum Gasteiger partial charge on any atom is 0.166 e. The monoisotopic (exact) mass is 226 g/mol. The number of benzene rings is 1. The zero-order valence-corrected chi connectivity index (χ0v) is 9.73. The highest BCUT2D eigenvalue weighted by molar-refractivity contribution is 6.01. The lowest BCUT2D eigenvalue weighted by molar-refractivity contribution is -0.114. The number of likely N-dealkylation sites (N-methyl/N-ethyl adjacent to an activating group) is 1. The number of nitrogens with zero attached hydrogens (tertiary/aromatic N) is 1. The van der Waals surface area contributed by atoms with Crippen LogP contribution in [-0.2, 0) is 4.79 Å². The maximum atomic E-state index is 11.9. The Morgan fingerprint density at radius 3 is 3.00 bits per heavy atom. The zero-order chi connectivity index (χ0) is 11.8. The van der Waals surface area contributed by atoms with Gasteiger partial charge in [-0.15, -0.1) is 0 Å². The minimum Gasteiger partial charge on any atom is -0.368 e.